The normalized spacial score (nSPS) is 17.2. The van der Waals surface area contributed by atoms with Crippen molar-refractivity contribution in [2.75, 3.05) is 18.5 Å². The van der Waals surface area contributed by atoms with Gasteiger partial charge in [-0.1, -0.05) is 18.2 Å². The van der Waals surface area contributed by atoms with Gasteiger partial charge in [-0.2, -0.15) is 0 Å². The fourth-order valence-electron chi connectivity index (χ4n) is 2.96. The predicted octanol–water partition coefficient (Wildman–Crippen LogP) is 2.85. The van der Waals surface area contributed by atoms with Crippen LogP contribution in [0.5, 0.6) is 5.75 Å². The molecule has 2 aromatic rings. The molecule has 1 fully saturated rings. The van der Waals surface area contributed by atoms with Crippen molar-refractivity contribution in [3.8, 4) is 5.75 Å². The molecule has 0 radical (unpaired) electrons. The quantitative estimate of drug-likeness (QED) is 0.652. The van der Waals surface area contributed by atoms with Crippen LogP contribution in [0.1, 0.15) is 29.8 Å². The molecule has 1 atom stereocenters. The Morgan fingerprint density at radius 3 is 2.86 bits per heavy atom. The van der Waals surface area contributed by atoms with Gasteiger partial charge in [0.2, 0.25) is 0 Å². The summed E-state index contributed by atoms with van der Waals surface area (Å²) in [4.78, 5) is 19.1. The molecule has 1 aromatic heterocycles. The highest BCUT2D eigenvalue weighted by molar-refractivity contribution is 5.83. The second-order valence-corrected chi connectivity index (χ2v) is 6.31. The third kappa shape index (κ3) is 5.10. The van der Waals surface area contributed by atoms with Crippen LogP contribution in [0, 0.1) is 5.41 Å². The van der Waals surface area contributed by atoms with Gasteiger partial charge in [0.05, 0.1) is 18.2 Å². The minimum Gasteiger partial charge on any atom is -0.405 e. The molecule has 28 heavy (non-hydrogen) atoms. The summed E-state index contributed by atoms with van der Waals surface area (Å²) in [5.41, 5.74) is -0.278. The number of H-pyrrole nitrogens is 1. The number of ether oxygens (including phenoxy) is 2. The summed E-state index contributed by atoms with van der Waals surface area (Å²) in [5, 5.41) is 10.6. The lowest BCUT2D eigenvalue weighted by molar-refractivity contribution is -0.274. The van der Waals surface area contributed by atoms with E-state index < -0.39 is 11.9 Å². The van der Waals surface area contributed by atoms with E-state index in [-0.39, 0.29) is 41.0 Å². The Kier molecular flexibility index (Phi) is 5.98. The van der Waals surface area contributed by atoms with Crippen LogP contribution in [-0.2, 0) is 11.2 Å². The Morgan fingerprint density at radius 2 is 2.18 bits per heavy atom. The van der Waals surface area contributed by atoms with Crippen molar-refractivity contribution >= 4 is 12.0 Å². The molecule has 1 aromatic carbocycles. The molecule has 1 aliphatic rings. The van der Waals surface area contributed by atoms with Crippen molar-refractivity contribution in [1.29, 1.82) is 5.41 Å². The zero-order chi connectivity index (χ0) is 20.1. The van der Waals surface area contributed by atoms with Gasteiger partial charge in [0, 0.05) is 24.8 Å². The van der Waals surface area contributed by atoms with Crippen molar-refractivity contribution in [1.82, 2.24) is 9.97 Å². The molecule has 1 saturated heterocycles. The molecule has 7 nitrogen and oxygen atoms in total. The third-order valence-electron chi connectivity index (χ3n) is 4.21. The Morgan fingerprint density at radius 1 is 1.39 bits per heavy atom. The molecule has 150 valence electrons. The molecule has 0 amide bonds. The number of hydrogen-bond acceptors (Lipinski definition) is 6. The predicted molar refractivity (Wildman–Crippen MR) is 96.1 cm³/mol. The van der Waals surface area contributed by atoms with Crippen molar-refractivity contribution < 1.29 is 22.6 Å². The van der Waals surface area contributed by atoms with E-state index in [0.717, 1.165) is 19.1 Å². The zero-order valence-electron chi connectivity index (χ0n) is 14.8. The van der Waals surface area contributed by atoms with E-state index in [1.165, 1.54) is 18.2 Å². The molecule has 0 saturated carbocycles. The summed E-state index contributed by atoms with van der Waals surface area (Å²) in [7, 11) is 0. The average molecular weight is 396 g/mol. The third-order valence-corrected chi connectivity index (χ3v) is 4.21. The minimum absolute atomic E-state index is 0.0501. The first-order valence-corrected chi connectivity index (χ1v) is 8.67. The zero-order valence-corrected chi connectivity index (χ0v) is 14.8. The maximum Gasteiger partial charge on any atom is 0.573 e. The summed E-state index contributed by atoms with van der Waals surface area (Å²) in [6.07, 6.45) is -2.33. The van der Waals surface area contributed by atoms with Crippen LogP contribution < -0.4 is 15.6 Å². The van der Waals surface area contributed by atoms with Crippen LogP contribution >= 0.6 is 0 Å². The summed E-state index contributed by atoms with van der Waals surface area (Å²) < 4.78 is 47.2. The van der Waals surface area contributed by atoms with Gasteiger partial charge in [-0.15, -0.1) is 13.2 Å². The number of anilines is 1. The van der Waals surface area contributed by atoms with Gasteiger partial charge in [-0.25, -0.2) is 4.98 Å². The molecule has 3 rings (SSSR count). The molecule has 2 heterocycles. The standard InChI is InChI=1S/C18H19F3N4O3/c19-18(20,21)28-14-6-2-1-4-11(14)8-15-24-16(13(9-22)17(26)25-15)23-12-5-3-7-27-10-12/h1-2,4,6,9,12,22H,3,5,7-8,10H2,(H2,23,24,25,26). The van der Waals surface area contributed by atoms with Gasteiger partial charge in [0.1, 0.15) is 17.4 Å². The second kappa shape index (κ2) is 8.42. The summed E-state index contributed by atoms with van der Waals surface area (Å²) in [6, 6.07) is 5.60. The minimum atomic E-state index is -4.82. The first-order valence-electron chi connectivity index (χ1n) is 8.67. The molecule has 0 aliphatic carbocycles. The number of nitrogens with one attached hydrogen (secondary N) is 3. The number of nitrogens with zero attached hydrogens (tertiary/aromatic N) is 1. The van der Waals surface area contributed by atoms with Crippen molar-refractivity contribution in [3.05, 3.63) is 51.6 Å². The number of hydrogen-bond donors (Lipinski definition) is 3. The number of halogens is 3. The van der Waals surface area contributed by atoms with Gasteiger partial charge >= 0.3 is 6.36 Å². The molecule has 10 heteroatoms. The van der Waals surface area contributed by atoms with Crippen molar-refractivity contribution in [2.24, 2.45) is 0 Å². The molecule has 0 bridgehead atoms. The number of alkyl halides is 3. The highest BCUT2D eigenvalue weighted by atomic mass is 19.4. The van der Waals surface area contributed by atoms with E-state index in [4.69, 9.17) is 10.1 Å². The number of rotatable bonds is 6. The highest BCUT2D eigenvalue weighted by Gasteiger charge is 2.32. The van der Waals surface area contributed by atoms with E-state index in [2.05, 4.69) is 20.0 Å². The van der Waals surface area contributed by atoms with E-state index in [1.807, 2.05) is 0 Å². The van der Waals surface area contributed by atoms with E-state index in [9.17, 15) is 18.0 Å². The number of para-hydroxylation sites is 1. The maximum atomic E-state index is 12.6. The van der Waals surface area contributed by atoms with Gasteiger partial charge < -0.3 is 25.2 Å². The van der Waals surface area contributed by atoms with E-state index in [0.29, 0.717) is 13.2 Å². The molecular formula is C18H19F3N4O3. The second-order valence-electron chi connectivity index (χ2n) is 6.31. The first-order chi connectivity index (χ1) is 13.4. The lowest BCUT2D eigenvalue weighted by atomic mass is 10.1. The van der Waals surface area contributed by atoms with Crippen LogP contribution in [0.4, 0.5) is 19.0 Å². The first kappa shape index (κ1) is 19.9. The molecule has 0 spiro atoms. The Hall–Kier alpha value is -2.88. The Bertz CT molecular complexity index is 892. The van der Waals surface area contributed by atoms with Crippen molar-refractivity contribution in [2.45, 2.75) is 31.7 Å². The molecule has 1 unspecified atom stereocenters. The van der Waals surface area contributed by atoms with Crippen LogP contribution in [-0.4, -0.2) is 41.8 Å². The van der Waals surface area contributed by atoms with Crippen LogP contribution in [0.15, 0.2) is 29.1 Å². The molecular weight excluding hydrogens is 377 g/mol. The average Bonchev–Trinajstić information content (AvgIpc) is 2.63. The topological polar surface area (TPSA) is 100 Å². The fraction of sp³-hybridized carbons (Fsp3) is 0.389. The van der Waals surface area contributed by atoms with E-state index in [1.54, 1.807) is 6.07 Å². The van der Waals surface area contributed by atoms with Gasteiger partial charge in [-0.3, -0.25) is 4.79 Å². The number of aromatic nitrogens is 2. The van der Waals surface area contributed by atoms with Crippen LogP contribution in [0.25, 0.3) is 0 Å². The number of aromatic amines is 1. The van der Waals surface area contributed by atoms with Gasteiger partial charge in [0.25, 0.3) is 5.56 Å². The number of benzene rings is 1. The maximum absolute atomic E-state index is 12.6. The smallest absolute Gasteiger partial charge is 0.405 e. The lowest BCUT2D eigenvalue weighted by Gasteiger charge is -2.24. The Labute approximate surface area is 158 Å². The summed E-state index contributed by atoms with van der Waals surface area (Å²) in [6.45, 7) is 1.11. The summed E-state index contributed by atoms with van der Waals surface area (Å²) >= 11 is 0. The monoisotopic (exact) mass is 396 g/mol. The Balaban J connectivity index is 1.89. The SMILES string of the molecule is N=Cc1c(NC2CCCOC2)nc(Cc2ccccc2OC(F)(F)F)[nH]c1=O. The van der Waals surface area contributed by atoms with Gasteiger partial charge in [0.15, 0.2) is 0 Å². The van der Waals surface area contributed by atoms with E-state index >= 15 is 0 Å². The summed E-state index contributed by atoms with van der Waals surface area (Å²) in [5.74, 6) is 0.00972. The largest absolute Gasteiger partial charge is 0.573 e. The lowest BCUT2D eigenvalue weighted by Crippen LogP contribution is -2.32. The van der Waals surface area contributed by atoms with Crippen molar-refractivity contribution in [3.63, 3.8) is 0 Å². The molecule has 3 N–H and O–H groups in total. The van der Waals surface area contributed by atoms with Crippen LogP contribution in [0.2, 0.25) is 0 Å². The van der Waals surface area contributed by atoms with Crippen LogP contribution in [0.3, 0.4) is 0 Å². The highest BCUT2D eigenvalue weighted by Crippen LogP contribution is 2.27. The molecule has 1 aliphatic heterocycles. The van der Waals surface area contributed by atoms with Gasteiger partial charge in [-0.05, 0) is 18.9 Å². The fourth-order valence-corrected chi connectivity index (χ4v) is 2.96.